The zero-order valence-electron chi connectivity index (χ0n) is 18.1. The largest absolute Gasteiger partial charge is 0.461 e. The van der Waals surface area contributed by atoms with E-state index in [1.165, 1.54) is 6.92 Å². The van der Waals surface area contributed by atoms with Gasteiger partial charge in [-0.25, -0.2) is 0 Å². The second-order valence-corrected chi connectivity index (χ2v) is 11.4. The van der Waals surface area contributed by atoms with Crippen molar-refractivity contribution in [2.75, 3.05) is 0 Å². The number of rotatable bonds is 1. The summed E-state index contributed by atoms with van der Waals surface area (Å²) >= 11 is 0. The summed E-state index contributed by atoms with van der Waals surface area (Å²) in [7, 11) is 0. The Morgan fingerprint density at radius 3 is 2.48 bits per heavy atom. The van der Waals surface area contributed by atoms with Crippen molar-refractivity contribution in [3.63, 3.8) is 0 Å². The van der Waals surface area contributed by atoms with E-state index in [1.54, 1.807) is 6.92 Å². The molecule has 1 saturated heterocycles. The third kappa shape index (κ3) is 2.23. The fourth-order valence-corrected chi connectivity index (χ4v) is 8.79. The number of esters is 1. The van der Waals surface area contributed by atoms with Gasteiger partial charge in [-0.05, 0) is 81.5 Å². The van der Waals surface area contributed by atoms with Crippen LogP contribution in [0.4, 0.5) is 0 Å². The van der Waals surface area contributed by atoms with Gasteiger partial charge in [0.1, 0.15) is 23.1 Å². The summed E-state index contributed by atoms with van der Waals surface area (Å²) in [6.45, 7) is 7.56. The van der Waals surface area contributed by atoms with E-state index in [1.807, 2.05) is 6.92 Å². The van der Waals surface area contributed by atoms with E-state index in [9.17, 15) is 19.5 Å². The number of carbonyl (C=O) groups is 3. The van der Waals surface area contributed by atoms with Crippen molar-refractivity contribution >= 4 is 17.5 Å². The molecule has 0 radical (unpaired) electrons. The molecule has 10 atom stereocenters. The summed E-state index contributed by atoms with van der Waals surface area (Å²) in [5.41, 5.74) is -1.75. The fraction of sp³-hybridized carbons (Fsp3) is 0.875. The molecule has 5 nitrogen and oxygen atoms in total. The van der Waals surface area contributed by atoms with Crippen molar-refractivity contribution < 1.29 is 24.2 Å². The van der Waals surface area contributed by atoms with Crippen LogP contribution in [-0.2, 0) is 19.1 Å². The van der Waals surface area contributed by atoms with E-state index >= 15 is 0 Å². The lowest BCUT2D eigenvalue weighted by molar-refractivity contribution is -0.166. The molecule has 5 fully saturated rings. The van der Waals surface area contributed by atoms with Crippen molar-refractivity contribution in [1.29, 1.82) is 0 Å². The van der Waals surface area contributed by atoms with Crippen LogP contribution in [0, 0.1) is 45.8 Å². The van der Waals surface area contributed by atoms with Crippen LogP contribution in [-0.4, -0.2) is 34.9 Å². The predicted molar refractivity (Wildman–Crippen MR) is 106 cm³/mol. The lowest BCUT2D eigenvalue weighted by Crippen LogP contribution is -2.59. The Labute approximate surface area is 172 Å². The predicted octanol–water partition coefficient (Wildman–Crippen LogP) is 3.32. The molecule has 1 aliphatic heterocycles. The highest BCUT2D eigenvalue weighted by Gasteiger charge is 2.74. The summed E-state index contributed by atoms with van der Waals surface area (Å²) < 4.78 is 5.75. The second-order valence-electron chi connectivity index (χ2n) is 11.4. The summed E-state index contributed by atoms with van der Waals surface area (Å²) in [5.74, 6) is 0.737. The van der Waals surface area contributed by atoms with Gasteiger partial charge in [0.2, 0.25) is 0 Å². The number of ether oxygens (including phenoxy) is 1. The molecule has 0 aromatic rings. The minimum absolute atomic E-state index is 0.109. The van der Waals surface area contributed by atoms with E-state index < -0.39 is 16.8 Å². The molecule has 0 aromatic carbocycles. The number of Topliss-reactive ketones (excluding diaryl/α,β-unsaturated/α-hetero) is 2. The Bertz CT molecular complexity index is 790. The number of hydrogen-bond donors (Lipinski definition) is 1. The first-order valence-corrected chi connectivity index (χ1v) is 11.5. The van der Waals surface area contributed by atoms with E-state index in [0.717, 1.165) is 32.1 Å². The number of aliphatic hydroxyl groups excluding tert-OH is 1. The maximum atomic E-state index is 13.8. The number of fused-ring (bicyclic) bond motifs is 7. The van der Waals surface area contributed by atoms with Crippen LogP contribution >= 0.6 is 0 Å². The van der Waals surface area contributed by atoms with Gasteiger partial charge in [-0.15, -0.1) is 0 Å². The standard InChI is InChI=1S/C24H34O5/c1-12(25)23(3)20-18(29-21(23)28)10-17-15-6-5-13-9-14(26)7-8-22(13,2)16(15)11-19(27)24(17,20)4/h13-18,20,26H,5-11H2,1-4H3/t13-,14-,15+,16-,17-,18-,20+,22-,23-,24+/m0/s1. The van der Waals surface area contributed by atoms with E-state index in [0.29, 0.717) is 30.6 Å². The van der Waals surface area contributed by atoms with Crippen LogP contribution in [0.25, 0.3) is 0 Å². The Hall–Kier alpha value is -1.23. The first kappa shape index (κ1) is 19.7. The number of carbonyl (C=O) groups excluding carboxylic acids is 3. The number of hydrogen-bond acceptors (Lipinski definition) is 5. The van der Waals surface area contributed by atoms with Gasteiger partial charge in [0.15, 0.2) is 0 Å². The second kappa shape index (κ2) is 5.93. The number of ketones is 2. The van der Waals surface area contributed by atoms with Gasteiger partial charge in [0, 0.05) is 17.8 Å². The van der Waals surface area contributed by atoms with Gasteiger partial charge in [0.25, 0.3) is 0 Å². The monoisotopic (exact) mass is 402 g/mol. The molecule has 0 aromatic heterocycles. The first-order chi connectivity index (χ1) is 13.5. The SMILES string of the molecule is CC(=O)[C@]1(C)C(=O)O[C@H]2C[C@H]3[C@@H]4CC[C@H]5C[C@@H](O)CC[C@]5(C)[C@H]4CC(=O)[C@]3(C)[C@H]21. The maximum Gasteiger partial charge on any atom is 0.320 e. The topological polar surface area (TPSA) is 80.7 Å². The Kier molecular flexibility index (Phi) is 4.03. The highest BCUT2D eigenvalue weighted by molar-refractivity contribution is 6.05. The van der Waals surface area contributed by atoms with Crippen LogP contribution in [0.15, 0.2) is 0 Å². The zero-order valence-corrected chi connectivity index (χ0v) is 18.1. The van der Waals surface area contributed by atoms with Gasteiger partial charge < -0.3 is 9.84 Å². The quantitative estimate of drug-likeness (QED) is 0.538. The summed E-state index contributed by atoms with van der Waals surface area (Å²) in [4.78, 5) is 39.0. The summed E-state index contributed by atoms with van der Waals surface area (Å²) in [6.07, 6.45) is 5.62. The molecule has 0 spiro atoms. The van der Waals surface area contributed by atoms with Crippen LogP contribution < -0.4 is 0 Å². The van der Waals surface area contributed by atoms with Crippen molar-refractivity contribution in [2.24, 2.45) is 45.8 Å². The van der Waals surface area contributed by atoms with E-state index in [4.69, 9.17) is 4.74 Å². The molecule has 1 heterocycles. The van der Waals surface area contributed by atoms with Gasteiger partial charge in [-0.3, -0.25) is 14.4 Å². The van der Waals surface area contributed by atoms with Crippen LogP contribution in [0.5, 0.6) is 0 Å². The van der Waals surface area contributed by atoms with Crippen LogP contribution in [0.1, 0.15) is 72.6 Å². The molecule has 0 amide bonds. The van der Waals surface area contributed by atoms with Crippen molar-refractivity contribution in [3.05, 3.63) is 0 Å². The normalized spacial score (nSPS) is 56.1. The molecule has 29 heavy (non-hydrogen) atoms. The molecular weight excluding hydrogens is 368 g/mol. The van der Waals surface area contributed by atoms with Crippen molar-refractivity contribution in [1.82, 2.24) is 0 Å². The maximum absolute atomic E-state index is 13.8. The molecule has 1 N–H and O–H groups in total. The van der Waals surface area contributed by atoms with Crippen molar-refractivity contribution in [2.45, 2.75) is 84.8 Å². The molecule has 0 bridgehead atoms. The summed E-state index contributed by atoms with van der Waals surface area (Å²) in [5, 5.41) is 10.2. The molecule has 0 unspecified atom stereocenters. The third-order valence-electron chi connectivity index (χ3n) is 10.6. The molecule has 5 rings (SSSR count). The van der Waals surface area contributed by atoms with Gasteiger partial charge in [-0.2, -0.15) is 0 Å². The molecule has 5 heteroatoms. The molecular formula is C24H34O5. The fourth-order valence-electron chi connectivity index (χ4n) is 8.79. The minimum atomic E-state index is -1.20. The minimum Gasteiger partial charge on any atom is -0.461 e. The lowest BCUT2D eigenvalue weighted by atomic mass is 9.43. The molecule has 5 aliphatic rings. The number of aliphatic hydroxyl groups is 1. The molecule has 4 aliphatic carbocycles. The third-order valence-corrected chi connectivity index (χ3v) is 10.6. The van der Waals surface area contributed by atoms with Crippen LogP contribution in [0.3, 0.4) is 0 Å². The highest BCUT2D eigenvalue weighted by atomic mass is 16.6. The van der Waals surface area contributed by atoms with Gasteiger partial charge in [-0.1, -0.05) is 13.8 Å². The Morgan fingerprint density at radius 1 is 1.07 bits per heavy atom. The van der Waals surface area contributed by atoms with Crippen LogP contribution in [0.2, 0.25) is 0 Å². The van der Waals surface area contributed by atoms with Gasteiger partial charge >= 0.3 is 5.97 Å². The van der Waals surface area contributed by atoms with E-state index in [2.05, 4.69) is 6.92 Å². The lowest BCUT2D eigenvalue weighted by Gasteiger charge is -2.60. The molecule has 4 saturated carbocycles. The van der Waals surface area contributed by atoms with Crippen molar-refractivity contribution in [3.8, 4) is 0 Å². The average Bonchev–Trinajstić information content (AvgIpc) is 3.10. The summed E-state index contributed by atoms with van der Waals surface area (Å²) in [6, 6.07) is 0. The smallest absolute Gasteiger partial charge is 0.320 e. The van der Waals surface area contributed by atoms with E-state index in [-0.39, 0.29) is 41.0 Å². The zero-order chi connectivity index (χ0) is 20.9. The average molecular weight is 403 g/mol. The van der Waals surface area contributed by atoms with Gasteiger partial charge in [0.05, 0.1) is 6.10 Å². The molecule has 160 valence electrons. The Morgan fingerprint density at radius 2 is 1.79 bits per heavy atom. The Balaban J connectivity index is 1.54. The first-order valence-electron chi connectivity index (χ1n) is 11.5. The highest BCUT2D eigenvalue weighted by Crippen LogP contribution is 2.70.